The van der Waals surface area contributed by atoms with Gasteiger partial charge in [-0.05, 0) is 32.6 Å². The third-order valence-corrected chi connectivity index (χ3v) is 3.80. The second-order valence-corrected chi connectivity index (χ2v) is 5.27. The van der Waals surface area contributed by atoms with Crippen LogP contribution in [0.15, 0.2) is 0 Å². The van der Waals surface area contributed by atoms with E-state index in [9.17, 15) is 9.59 Å². The Labute approximate surface area is 116 Å². The van der Waals surface area contributed by atoms with Gasteiger partial charge in [-0.15, -0.1) is 0 Å². The van der Waals surface area contributed by atoms with Gasteiger partial charge in [-0.25, -0.2) is 0 Å². The van der Waals surface area contributed by atoms with Gasteiger partial charge in [0.15, 0.2) is 0 Å². The third kappa shape index (κ3) is 6.08. The van der Waals surface area contributed by atoms with E-state index in [2.05, 4.69) is 0 Å². The highest BCUT2D eigenvalue weighted by molar-refractivity contribution is 5.82. The van der Waals surface area contributed by atoms with E-state index in [1.807, 2.05) is 6.92 Å². The molecule has 0 aromatic heterocycles. The molecule has 0 unspecified atom stereocenters. The lowest BCUT2D eigenvalue weighted by atomic mass is 9.96. The Morgan fingerprint density at radius 1 is 1.11 bits per heavy atom. The Morgan fingerprint density at radius 3 is 2.26 bits per heavy atom. The number of rotatable bonds is 6. The molecule has 110 valence electrons. The van der Waals surface area contributed by atoms with Gasteiger partial charge in [0.1, 0.15) is 6.54 Å². The third-order valence-electron chi connectivity index (χ3n) is 3.80. The zero-order valence-electron chi connectivity index (χ0n) is 12.3. The molecule has 1 aliphatic carbocycles. The van der Waals surface area contributed by atoms with Gasteiger partial charge in [0, 0.05) is 13.0 Å². The number of carbonyl (C=O) groups is 2. The number of hydrogen-bond acceptors (Lipinski definition) is 3. The molecule has 1 amide bonds. The van der Waals surface area contributed by atoms with Gasteiger partial charge < -0.3 is 9.64 Å². The first-order valence-corrected chi connectivity index (χ1v) is 7.60. The van der Waals surface area contributed by atoms with E-state index in [-0.39, 0.29) is 18.4 Å². The van der Waals surface area contributed by atoms with E-state index in [0.717, 1.165) is 12.8 Å². The second kappa shape index (κ2) is 8.94. The average molecular weight is 269 g/mol. The molecular formula is C15H27NO3. The molecule has 0 heterocycles. The molecule has 0 saturated heterocycles. The molecule has 4 nitrogen and oxygen atoms in total. The summed E-state index contributed by atoms with van der Waals surface area (Å²) >= 11 is 0. The molecule has 0 radical (unpaired) electrons. The molecule has 0 spiro atoms. The molecule has 1 saturated carbocycles. The van der Waals surface area contributed by atoms with Crippen molar-refractivity contribution in [1.29, 1.82) is 0 Å². The minimum Gasteiger partial charge on any atom is -0.465 e. The maximum Gasteiger partial charge on any atom is 0.325 e. The number of esters is 1. The van der Waals surface area contributed by atoms with Gasteiger partial charge in [-0.1, -0.05) is 25.7 Å². The summed E-state index contributed by atoms with van der Waals surface area (Å²) in [5, 5.41) is 0. The summed E-state index contributed by atoms with van der Waals surface area (Å²) in [6.45, 7) is 4.72. The largest absolute Gasteiger partial charge is 0.465 e. The van der Waals surface area contributed by atoms with Crippen molar-refractivity contribution in [3.8, 4) is 0 Å². The maximum atomic E-state index is 12.2. The summed E-state index contributed by atoms with van der Waals surface area (Å²) < 4.78 is 4.90. The van der Waals surface area contributed by atoms with Gasteiger partial charge in [0.05, 0.1) is 6.61 Å². The molecule has 0 aromatic rings. The van der Waals surface area contributed by atoms with Crippen LogP contribution in [0.25, 0.3) is 0 Å². The smallest absolute Gasteiger partial charge is 0.325 e. The number of carbonyl (C=O) groups excluding carboxylic acids is 2. The molecule has 4 heteroatoms. The van der Waals surface area contributed by atoms with E-state index >= 15 is 0 Å². The zero-order chi connectivity index (χ0) is 14.1. The number of nitrogens with zero attached hydrogens (tertiary/aromatic N) is 1. The molecule has 0 bridgehead atoms. The van der Waals surface area contributed by atoms with Gasteiger partial charge >= 0.3 is 5.97 Å². The molecular weight excluding hydrogens is 242 g/mol. The van der Waals surface area contributed by atoms with Crippen molar-refractivity contribution in [1.82, 2.24) is 4.90 Å². The summed E-state index contributed by atoms with van der Waals surface area (Å²) in [6, 6.07) is 0. The van der Waals surface area contributed by atoms with Gasteiger partial charge in [-0.3, -0.25) is 9.59 Å². The predicted molar refractivity (Wildman–Crippen MR) is 74.7 cm³/mol. The Hall–Kier alpha value is -1.06. The lowest BCUT2D eigenvalue weighted by Gasteiger charge is -2.22. The number of ether oxygens (including phenoxy) is 1. The SMILES string of the molecule is CCOC(=O)CN(CC)C(=O)CC1CCCCCC1. The minimum atomic E-state index is -0.307. The summed E-state index contributed by atoms with van der Waals surface area (Å²) in [5.41, 5.74) is 0. The highest BCUT2D eigenvalue weighted by atomic mass is 16.5. The quantitative estimate of drug-likeness (QED) is 0.550. The Kier molecular flexibility index (Phi) is 7.53. The van der Waals surface area contributed by atoms with Crippen molar-refractivity contribution in [2.75, 3.05) is 19.7 Å². The van der Waals surface area contributed by atoms with Crippen molar-refractivity contribution in [2.45, 2.75) is 58.8 Å². The molecule has 0 aliphatic heterocycles. The molecule has 0 aromatic carbocycles. The van der Waals surface area contributed by atoms with Gasteiger partial charge in [-0.2, -0.15) is 0 Å². The number of likely N-dealkylation sites (N-methyl/N-ethyl adjacent to an activating group) is 1. The van der Waals surface area contributed by atoms with Crippen LogP contribution in [0.3, 0.4) is 0 Å². The lowest BCUT2D eigenvalue weighted by molar-refractivity contribution is -0.149. The Balaban J connectivity index is 2.41. The first-order chi connectivity index (χ1) is 9.17. The minimum absolute atomic E-state index is 0.0931. The topological polar surface area (TPSA) is 46.6 Å². The fourth-order valence-corrected chi connectivity index (χ4v) is 2.68. The summed E-state index contributed by atoms with van der Waals surface area (Å²) in [6.07, 6.45) is 7.97. The number of amides is 1. The second-order valence-electron chi connectivity index (χ2n) is 5.27. The average Bonchev–Trinajstić information content (AvgIpc) is 2.64. The highest BCUT2D eigenvalue weighted by Crippen LogP contribution is 2.25. The van der Waals surface area contributed by atoms with Crippen LogP contribution in [0.1, 0.15) is 58.8 Å². The predicted octanol–water partition coefficient (Wildman–Crippen LogP) is 2.76. The molecule has 1 fully saturated rings. The normalized spacial score (nSPS) is 16.7. The molecule has 1 rings (SSSR count). The van der Waals surface area contributed by atoms with Crippen LogP contribution in [0, 0.1) is 5.92 Å². The van der Waals surface area contributed by atoms with E-state index in [1.165, 1.54) is 25.7 Å². The first kappa shape index (κ1) is 16.0. The molecule has 0 atom stereocenters. The van der Waals surface area contributed by atoms with E-state index < -0.39 is 0 Å². The number of hydrogen-bond donors (Lipinski definition) is 0. The van der Waals surface area contributed by atoms with Crippen LogP contribution in [0.4, 0.5) is 0 Å². The van der Waals surface area contributed by atoms with E-state index in [1.54, 1.807) is 11.8 Å². The zero-order valence-corrected chi connectivity index (χ0v) is 12.3. The highest BCUT2D eigenvalue weighted by Gasteiger charge is 2.21. The monoisotopic (exact) mass is 269 g/mol. The van der Waals surface area contributed by atoms with Crippen LogP contribution in [-0.4, -0.2) is 36.5 Å². The van der Waals surface area contributed by atoms with Crippen LogP contribution >= 0.6 is 0 Å². The summed E-state index contributed by atoms with van der Waals surface area (Å²) in [7, 11) is 0. The maximum absolute atomic E-state index is 12.2. The Bertz CT molecular complexity index is 283. The van der Waals surface area contributed by atoms with Crippen LogP contribution < -0.4 is 0 Å². The van der Waals surface area contributed by atoms with Crippen molar-refractivity contribution in [2.24, 2.45) is 5.92 Å². The van der Waals surface area contributed by atoms with Crippen molar-refractivity contribution in [3.63, 3.8) is 0 Å². The molecule has 0 N–H and O–H groups in total. The lowest BCUT2D eigenvalue weighted by Crippen LogP contribution is -2.37. The van der Waals surface area contributed by atoms with Crippen molar-refractivity contribution >= 4 is 11.9 Å². The Morgan fingerprint density at radius 2 is 1.74 bits per heavy atom. The van der Waals surface area contributed by atoms with E-state index in [0.29, 0.717) is 25.5 Å². The van der Waals surface area contributed by atoms with Crippen LogP contribution in [-0.2, 0) is 14.3 Å². The van der Waals surface area contributed by atoms with Crippen molar-refractivity contribution in [3.05, 3.63) is 0 Å². The first-order valence-electron chi connectivity index (χ1n) is 7.60. The van der Waals surface area contributed by atoms with Gasteiger partial charge in [0.2, 0.25) is 5.91 Å². The standard InChI is InChI=1S/C15H27NO3/c1-3-16(12-15(18)19-4-2)14(17)11-13-9-7-5-6-8-10-13/h13H,3-12H2,1-2H3. The molecule has 1 aliphatic rings. The van der Waals surface area contributed by atoms with Crippen molar-refractivity contribution < 1.29 is 14.3 Å². The molecule has 19 heavy (non-hydrogen) atoms. The van der Waals surface area contributed by atoms with Crippen LogP contribution in [0.2, 0.25) is 0 Å². The summed E-state index contributed by atoms with van der Waals surface area (Å²) in [4.78, 5) is 25.3. The fraction of sp³-hybridized carbons (Fsp3) is 0.867. The van der Waals surface area contributed by atoms with Gasteiger partial charge in [0.25, 0.3) is 0 Å². The van der Waals surface area contributed by atoms with E-state index in [4.69, 9.17) is 4.74 Å². The van der Waals surface area contributed by atoms with Crippen LogP contribution in [0.5, 0.6) is 0 Å². The summed E-state index contributed by atoms with van der Waals surface area (Å²) in [5.74, 6) is 0.298. The fourth-order valence-electron chi connectivity index (χ4n) is 2.68.